The number of carbonyl (C=O) groups is 1. The number of rotatable bonds is 5. The van der Waals surface area contributed by atoms with Crippen molar-refractivity contribution in [3.8, 4) is 0 Å². The van der Waals surface area contributed by atoms with Crippen LogP contribution in [0.3, 0.4) is 0 Å². The van der Waals surface area contributed by atoms with Gasteiger partial charge in [0.05, 0.1) is 5.41 Å². The van der Waals surface area contributed by atoms with Crippen LogP contribution >= 0.6 is 0 Å². The molecule has 23 heavy (non-hydrogen) atoms. The molecule has 2 heteroatoms. The molecule has 0 unspecified atom stereocenters. The van der Waals surface area contributed by atoms with Gasteiger partial charge in [0.2, 0.25) is 0 Å². The number of carbonyl (C=O) groups excluding carboxylic acids is 1. The third-order valence-electron chi connectivity index (χ3n) is 7.24. The largest absolute Gasteiger partial charge is 0.459 e. The molecular weight excluding hydrogens is 284 g/mol. The Morgan fingerprint density at radius 3 is 1.78 bits per heavy atom. The van der Waals surface area contributed by atoms with Crippen molar-refractivity contribution < 1.29 is 9.53 Å². The minimum Gasteiger partial charge on any atom is -0.459 e. The molecule has 2 nitrogen and oxygen atoms in total. The van der Waals surface area contributed by atoms with Gasteiger partial charge in [0.25, 0.3) is 0 Å². The molecule has 0 aliphatic heterocycles. The van der Waals surface area contributed by atoms with E-state index in [-0.39, 0.29) is 11.6 Å². The first-order valence-electron chi connectivity index (χ1n) is 9.99. The van der Waals surface area contributed by atoms with Crippen LogP contribution in [-0.4, -0.2) is 11.6 Å². The molecule has 0 atom stereocenters. The van der Waals surface area contributed by atoms with Crippen molar-refractivity contribution >= 4 is 5.97 Å². The first kappa shape index (κ1) is 17.3. The number of ether oxygens (including phenoxy) is 1. The van der Waals surface area contributed by atoms with Gasteiger partial charge in [0.15, 0.2) is 0 Å². The first-order valence-corrected chi connectivity index (χ1v) is 9.99. The standard InChI is InChI=1S/C21H36O2/c1-6-21(7-2,23-19(22)20(3,4)5)13-18-16-9-14-8-15(11-16)12-17(18)10-14/h14-18H,6-13H2,1-5H3. The van der Waals surface area contributed by atoms with Gasteiger partial charge in [-0.2, -0.15) is 0 Å². The maximum atomic E-state index is 12.5. The lowest BCUT2D eigenvalue weighted by molar-refractivity contribution is -0.176. The Bertz CT molecular complexity index is 413. The fourth-order valence-electron chi connectivity index (χ4n) is 5.88. The van der Waals surface area contributed by atoms with Gasteiger partial charge < -0.3 is 4.74 Å². The van der Waals surface area contributed by atoms with Crippen molar-refractivity contribution in [1.29, 1.82) is 0 Å². The van der Waals surface area contributed by atoms with Gasteiger partial charge in [-0.15, -0.1) is 0 Å². The van der Waals surface area contributed by atoms with Crippen LogP contribution in [0.1, 0.15) is 86.0 Å². The Morgan fingerprint density at radius 2 is 1.39 bits per heavy atom. The van der Waals surface area contributed by atoms with E-state index >= 15 is 0 Å². The Labute approximate surface area is 142 Å². The lowest BCUT2D eigenvalue weighted by atomic mass is 9.50. The third kappa shape index (κ3) is 3.33. The van der Waals surface area contributed by atoms with Gasteiger partial charge in [0, 0.05) is 0 Å². The molecule has 0 N–H and O–H groups in total. The van der Waals surface area contributed by atoms with E-state index in [1.54, 1.807) is 0 Å². The molecule has 132 valence electrons. The van der Waals surface area contributed by atoms with Gasteiger partial charge >= 0.3 is 5.97 Å². The molecule has 4 fully saturated rings. The number of esters is 1. The highest BCUT2D eigenvalue weighted by Gasteiger charge is 2.50. The van der Waals surface area contributed by atoms with Crippen molar-refractivity contribution in [1.82, 2.24) is 0 Å². The molecule has 0 aromatic rings. The SMILES string of the molecule is CCC(CC)(CC1C2CC3CC(C2)CC1C3)OC(=O)C(C)(C)C. The van der Waals surface area contributed by atoms with Crippen molar-refractivity contribution in [2.75, 3.05) is 0 Å². The average molecular weight is 321 g/mol. The van der Waals surface area contributed by atoms with E-state index in [1.807, 2.05) is 20.8 Å². The van der Waals surface area contributed by atoms with Crippen molar-refractivity contribution in [3.63, 3.8) is 0 Å². The minimum absolute atomic E-state index is 0.0231. The van der Waals surface area contributed by atoms with Gasteiger partial charge in [0.1, 0.15) is 5.60 Å². The Balaban J connectivity index is 1.73. The highest BCUT2D eigenvalue weighted by Crippen LogP contribution is 2.58. The summed E-state index contributed by atoms with van der Waals surface area (Å²) >= 11 is 0. The van der Waals surface area contributed by atoms with Crippen LogP contribution in [0.4, 0.5) is 0 Å². The Morgan fingerprint density at radius 1 is 0.913 bits per heavy atom. The maximum absolute atomic E-state index is 12.5. The smallest absolute Gasteiger partial charge is 0.311 e. The monoisotopic (exact) mass is 320 g/mol. The topological polar surface area (TPSA) is 26.3 Å². The van der Waals surface area contributed by atoms with E-state index in [2.05, 4.69) is 13.8 Å². The summed E-state index contributed by atoms with van der Waals surface area (Å²) in [4.78, 5) is 12.5. The number of hydrogen-bond acceptors (Lipinski definition) is 2. The molecule has 0 amide bonds. The van der Waals surface area contributed by atoms with Crippen LogP contribution in [0.15, 0.2) is 0 Å². The van der Waals surface area contributed by atoms with E-state index in [9.17, 15) is 4.79 Å². The fraction of sp³-hybridized carbons (Fsp3) is 0.952. The lowest BCUT2D eigenvalue weighted by Gasteiger charge is -2.56. The summed E-state index contributed by atoms with van der Waals surface area (Å²) in [5.41, 5.74) is -0.635. The molecule has 4 bridgehead atoms. The summed E-state index contributed by atoms with van der Waals surface area (Å²) in [7, 11) is 0. The second kappa shape index (κ2) is 6.08. The van der Waals surface area contributed by atoms with Gasteiger partial charge in [-0.25, -0.2) is 0 Å². The minimum atomic E-state index is -0.403. The highest BCUT2D eigenvalue weighted by atomic mass is 16.6. The number of hydrogen-bond donors (Lipinski definition) is 0. The van der Waals surface area contributed by atoms with Crippen LogP contribution in [0, 0.1) is 35.0 Å². The molecule has 4 aliphatic rings. The van der Waals surface area contributed by atoms with Crippen molar-refractivity contribution in [2.45, 2.75) is 91.6 Å². The van der Waals surface area contributed by atoms with Gasteiger partial charge in [-0.3, -0.25) is 4.79 Å². The Hall–Kier alpha value is -0.530. The second-order valence-corrected chi connectivity index (χ2v) is 9.83. The molecule has 0 saturated heterocycles. The molecular formula is C21H36O2. The summed E-state index contributed by atoms with van der Waals surface area (Å²) in [5.74, 6) is 4.64. The van der Waals surface area contributed by atoms with Crippen LogP contribution in [0.25, 0.3) is 0 Å². The van der Waals surface area contributed by atoms with Crippen LogP contribution in [0.2, 0.25) is 0 Å². The molecule has 0 radical (unpaired) electrons. The van der Waals surface area contributed by atoms with E-state index in [1.165, 1.54) is 32.1 Å². The van der Waals surface area contributed by atoms with E-state index in [0.717, 1.165) is 48.9 Å². The molecule has 4 rings (SSSR count). The zero-order chi connectivity index (χ0) is 16.8. The van der Waals surface area contributed by atoms with Crippen LogP contribution < -0.4 is 0 Å². The van der Waals surface area contributed by atoms with Gasteiger partial charge in [-0.1, -0.05) is 13.8 Å². The van der Waals surface area contributed by atoms with Crippen LogP contribution in [-0.2, 0) is 9.53 Å². The summed E-state index contributed by atoms with van der Waals surface area (Å²) in [5, 5.41) is 0. The zero-order valence-corrected chi connectivity index (χ0v) is 15.9. The first-order chi connectivity index (χ1) is 10.8. The molecule has 0 heterocycles. The van der Waals surface area contributed by atoms with Gasteiger partial charge in [-0.05, 0) is 102 Å². The van der Waals surface area contributed by atoms with E-state index in [0.29, 0.717) is 0 Å². The normalized spacial score (nSPS) is 36.3. The fourth-order valence-corrected chi connectivity index (χ4v) is 5.88. The lowest BCUT2D eigenvalue weighted by Crippen LogP contribution is -2.49. The summed E-state index contributed by atoms with van der Waals surface area (Å²) in [6.07, 6.45) is 10.3. The Kier molecular flexibility index (Phi) is 4.57. The maximum Gasteiger partial charge on any atom is 0.311 e. The summed E-state index contributed by atoms with van der Waals surface area (Å²) in [6, 6.07) is 0. The molecule has 0 spiro atoms. The van der Waals surface area contributed by atoms with Crippen molar-refractivity contribution in [2.24, 2.45) is 35.0 Å². The quantitative estimate of drug-likeness (QED) is 0.617. The zero-order valence-electron chi connectivity index (χ0n) is 15.9. The van der Waals surface area contributed by atoms with E-state index < -0.39 is 5.41 Å². The summed E-state index contributed by atoms with van der Waals surface area (Å²) < 4.78 is 6.17. The van der Waals surface area contributed by atoms with E-state index in [4.69, 9.17) is 4.74 Å². The second-order valence-electron chi connectivity index (χ2n) is 9.83. The molecule has 0 aromatic heterocycles. The predicted octanol–water partition coefficient (Wildman–Crippen LogP) is 5.60. The molecule has 0 aromatic carbocycles. The predicted molar refractivity (Wildman–Crippen MR) is 94.0 cm³/mol. The molecule has 4 aliphatic carbocycles. The average Bonchev–Trinajstić information content (AvgIpc) is 2.48. The highest BCUT2D eigenvalue weighted by molar-refractivity contribution is 5.75. The summed E-state index contributed by atoms with van der Waals surface area (Å²) in [6.45, 7) is 10.3. The molecule has 4 saturated carbocycles. The van der Waals surface area contributed by atoms with Crippen LogP contribution in [0.5, 0.6) is 0 Å². The third-order valence-corrected chi connectivity index (χ3v) is 7.24. The van der Waals surface area contributed by atoms with Crippen molar-refractivity contribution in [3.05, 3.63) is 0 Å².